The topological polar surface area (TPSA) is 35.8 Å². The Morgan fingerprint density at radius 1 is 1.10 bits per heavy atom. The zero-order valence-electron chi connectivity index (χ0n) is 11.9. The normalized spacial score (nSPS) is 10.2. The van der Waals surface area contributed by atoms with Crippen LogP contribution in [0.25, 0.3) is 0 Å². The highest BCUT2D eigenvalue weighted by Gasteiger charge is 2.07. The Hall–Kier alpha value is -2.34. The third-order valence-electron chi connectivity index (χ3n) is 3.40. The van der Waals surface area contributed by atoms with Crippen LogP contribution in [0.15, 0.2) is 30.3 Å². The first-order valence-electron chi connectivity index (χ1n) is 6.51. The first-order valence-corrected chi connectivity index (χ1v) is 6.51. The summed E-state index contributed by atoms with van der Waals surface area (Å²) in [4.78, 5) is 0. The molecule has 0 amide bonds. The zero-order chi connectivity index (χ0) is 14.7. The van der Waals surface area contributed by atoms with Gasteiger partial charge >= 0.3 is 0 Å². The molecule has 0 aromatic heterocycles. The summed E-state index contributed by atoms with van der Waals surface area (Å²) in [6.07, 6.45) is 0. The van der Waals surface area contributed by atoms with Crippen LogP contribution in [-0.4, -0.2) is 0 Å². The van der Waals surface area contributed by atoms with E-state index in [0.717, 1.165) is 0 Å². The molecule has 1 N–H and O–H groups in total. The van der Waals surface area contributed by atoms with Crippen LogP contribution < -0.4 is 5.32 Å². The van der Waals surface area contributed by atoms with Crippen LogP contribution in [0, 0.1) is 37.9 Å². The van der Waals surface area contributed by atoms with E-state index in [4.69, 9.17) is 5.26 Å². The molecular formula is C17H17FN2. The first-order chi connectivity index (χ1) is 9.51. The van der Waals surface area contributed by atoms with Gasteiger partial charge in [0.25, 0.3) is 0 Å². The quantitative estimate of drug-likeness (QED) is 0.904. The van der Waals surface area contributed by atoms with E-state index in [0.29, 0.717) is 17.8 Å². The van der Waals surface area contributed by atoms with Gasteiger partial charge in [-0.1, -0.05) is 17.7 Å². The number of hydrogen-bond donors (Lipinski definition) is 1. The minimum Gasteiger partial charge on any atom is -0.380 e. The van der Waals surface area contributed by atoms with Crippen molar-refractivity contribution in [2.45, 2.75) is 27.3 Å². The van der Waals surface area contributed by atoms with Crippen molar-refractivity contribution in [1.82, 2.24) is 0 Å². The van der Waals surface area contributed by atoms with Gasteiger partial charge < -0.3 is 5.32 Å². The third kappa shape index (κ3) is 2.97. The van der Waals surface area contributed by atoms with Crippen molar-refractivity contribution in [3.63, 3.8) is 0 Å². The minimum absolute atomic E-state index is 0.326. The van der Waals surface area contributed by atoms with Gasteiger partial charge in [0.1, 0.15) is 11.9 Å². The van der Waals surface area contributed by atoms with Crippen molar-refractivity contribution in [2.24, 2.45) is 0 Å². The predicted molar refractivity (Wildman–Crippen MR) is 79.1 cm³/mol. The van der Waals surface area contributed by atoms with Crippen LogP contribution in [0.3, 0.4) is 0 Å². The number of aryl methyl sites for hydroxylation is 3. The lowest BCUT2D eigenvalue weighted by Crippen LogP contribution is -2.05. The number of benzene rings is 2. The number of rotatable bonds is 3. The first kappa shape index (κ1) is 14.1. The number of hydrogen-bond acceptors (Lipinski definition) is 2. The fourth-order valence-electron chi connectivity index (χ4n) is 2.44. The number of nitriles is 1. The highest BCUT2D eigenvalue weighted by molar-refractivity contribution is 5.58. The van der Waals surface area contributed by atoms with Crippen molar-refractivity contribution >= 4 is 5.69 Å². The molecule has 2 aromatic rings. The SMILES string of the molecule is Cc1cc(C)c(CNc2ccc(F)cc2C#N)c(C)c1. The Morgan fingerprint density at radius 3 is 2.35 bits per heavy atom. The summed E-state index contributed by atoms with van der Waals surface area (Å²) in [6, 6.07) is 10.5. The van der Waals surface area contributed by atoms with E-state index in [1.807, 2.05) is 6.07 Å². The smallest absolute Gasteiger partial charge is 0.124 e. The van der Waals surface area contributed by atoms with Crippen molar-refractivity contribution in [1.29, 1.82) is 5.26 Å². The van der Waals surface area contributed by atoms with Crippen LogP contribution >= 0.6 is 0 Å². The molecule has 0 aliphatic heterocycles. The standard InChI is InChI=1S/C17H17FN2/c1-11-6-12(2)16(13(3)7-11)10-20-17-5-4-15(18)8-14(17)9-19/h4-8,20H,10H2,1-3H3. The van der Waals surface area contributed by atoms with Gasteiger partial charge in [-0.3, -0.25) is 0 Å². The molecule has 0 radical (unpaired) electrons. The number of nitrogens with zero attached hydrogens (tertiary/aromatic N) is 1. The molecule has 2 aromatic carbocycles. The molecular weight excluding hydrogens is 251 g/mol. The third-order valence-corrected chi connectivity index (χ3v) is 3.40. The Balaban J connectivity index is 2.24. The van der Waals surface area contributed by atoms with E-state index >= 15 is 0 Å². The molecule has 0 saturated carbocycles. The molecule has 102 valence electrons. The predicted octanol–water partition coefficient (Wildman–Crippen LogP) is 4.23. The van der Waals surface area contributed by atoms with E-state index in [1.54, 1.807) is 6.07 Å². The molecule has 0 fully saturated rings. The highest BCUT2D eigenvalue weighted by Crippen LogP contribution is 2.20. The highest BCUT2D eigenvalue weighted by atomic mass is 19.1. The molecule has 2 nitrogen and oxygen atoms in total. The molecule has 0 aliphatic rings. The van der Waals surface area contributed by atoms with Crippen LogP contribution in [0.4, 0.5) is 10.1 Å². The van der Waals surface area contributed by atoms with Gasteiger partial charge in [-0.2, -0.15) is 5.26 Å². The van der Waals surface area contributed by atoms with Crippen LogP contribution in [-0.2, 0) is 6.54 Å². The second kappa shape index (κ2) is 5.75. The van der Waals surface area contributed by atoms with E-state index < -0.39 is 5.82 Å². The summed E-state index contributed by atoms with van der Waals surface area (Å²) in [5.41, 5.74) is 5.87. The summed E-state index contributed by atoms with van der Waals surface area (Å²) in [5, 5.41) is 12.2. The lowest BCUT2D eigenvalue weighted by molar-refractivity contribution is 0.627. The van der Waals surface area contributed by atoms with Crippen molar-refractivity contribution < 1.29 is 4.39 Å². The Bertz CT molecular complexity index is 661. The average Bonchev–Trinajstić information content (AvgIpc) is 2.38. The molecule has 0 bridgehead atoms. The van der Waals surface area contributed by atoms with Crippen LogP contribution in [0.2, 0.25) is 0 Å². The van der Waals surface area contributed by atoms with Crippen LogP contribution in [0.5, 0.6) is 0 Å². The van der Waals surface area contributed by atoms with Crippen molar-refractivity contribution in [2.75, 3.05) is 5.32 Å². The maximum absolute atomic E-state index is 13.1. The van der Waals surface area contributed by atoms with Gasteiger partial charge in [-0.25, -0.2) is 4.39 Å². The van der Waals surface area contributed by atoms with Gasteiger partial charge in [0.15, 0.2) is 0 Å². The van der Waals surface area contributed by atoms with Gasteiger partial charge in [-0.15, -0.1) is 0 Å². The summed E-state index contributed by atoms with van der Waals surface area (Å²) in [7, 11) is 0. The van der Waals surface area contributed by atoms with Crippen molar-refractivity contribution in [3.8, 4) is 6.07 Å². The maximum Gasteiger partial charge on any atom is 0.124 e. The van der Waals surface area contributed by atoms with E-state index in [1.165, 1.54) is 34.4 Å². The van der Waals surface area contributed by atoms with E-state index in [-0.39, 0.29) is 0 Å². The monoisotopic (exact) mass is 268 g/mol. The number of halogens is 1. The van der Waals surface area contributed by atoms with Crippen LogP contribution in [0.1, 0.15) is 27.8 Å². The fourth-order valence-corrected chi connectivity index (χ4v) is 2.44. The molecule has 0 aliphatic carbocycles. The second-order valence-electron chi connectivity index (χ2n) is 5.03. The Kier molecular flexibility index (Phi) is 4.05. The maximum atomic E-state index is 13.1. The van der Waals surface area contributed by atoms with E-state index in [9.17, 15) is 4.39 Å². The van der Waals surface area contributed by atoms with Gasteiger partial charge in [0.05, 0.1) is 11.3 Å². The summed E-state index contributed by atoms with van der Waals surface area (Å²) in [5.74, 6) is -0.394. The van der Waals surface area contributed by atoms with Gasteiger partial charge in [0.2, 0.25) is 0 Å². The average molecular weight is 268 g/mol. The number of anilines is 1. The van der Waals surface area contributed by atoms with Gasteiger partial charge in [0, 0.05) is 6.54 Å². The Morgan fingerprint density at radius 2 is 1.75 bits per heavy atom. The summed E-state index contributed by atoms with van der Waals surface area (Å²) in [6.45, 7) is 6.85. The van der Waals surface area contributed by atoms with E-state index in [2.05, 4.69) is 38.2 Å². The molecule has 2 rings (SSSR count). The minimum atomic E-state index is -0.394. The molecule has 0 saturated heterocycles. The second-order valence-corrected chi connectivity index (χ2v) is 5.03. The van der Waals surface area contributed by atoms with Gasteiger partial charge in [-0.05, 0) is 55.7 Å². The molecule has 3 heteroatoms. The number of nitrogens with one attached hydrogen (secondary N) is 1. The lowest BCUT2D eigenvalue weighted by Gasteiger charge is -2.14. The molecule has 0 unspecified atom stereocenters. The lowest BCUT2D eigenvalue weighted by atomic mass is 9.99. The molecule has 0 spiro atoms. The molecule has 0 heterocycles. The zero-order valence-corrected chi connectivity index (χ0v) is 11.9. The fraction of sp³-hybridized carbons (Fsp3) is 0.235. The Labute approximate surface area is 118 Å². The molecule has 0 atom stereocenters. The largest absolute Gasteiger partial charge is 0.380 e. The molecule has 20 heavy (non-hydrogen) atoms. The van der Waals surface area contributed by atoms with Crippen molar-refractivity contribution in [3.05, 3.63) is 64.0 Å². The summed E-state index contributed by atoms with van der Waals surface area (Å²) < 4.78 is 13.1. The summed E-state index contributed by atoms with van der Waals surface area (Å²) >= 11 is 0.